The fraction of sp³-hybridized carbons (Fsp3) is 0.333. The van der Waals surface area contributed by atoms with Crippen molar-refractivity contribution in [2.75, 3.05) is 19.6 Å². The number of nitrogens with one attached hydrogen (secondary N) is 1. The van der Waals surface area contributed by atoms with Crippen LogP contribution < -0.4 is 5.32 Å². The molecule has 1 saturated heterocycles. The van der Waals surface area contributed by atoms with Gasteiger partial charge >= 0.3 is 0 Å². The Kier molecular flexibility index (Phi) is 5.46. The fourth-order valence-electron chi connectivity index (χ4n) is 3.25. The first-order valence-corrected chi connectivity index (χ1v) is 8.82. The molecule has 1 atom stereocenters. The van der Waals surface area contributed by atoms with Gasteiger partial charge in [-0.1, -0.05) is 12.1 Å². The lowest BCUT2D eigenvalue weighted by Crippen LogP contribution is -2.45. The molecule has 2 aromatic heterocycles. The minimum atomic E-state index is 0. The second kappa shape index (κ2) is 7.57. The van der Waals surface area contributed by atoms with E-state index in [4.69, 9.17) is 0 Å². The number of aryl methyl sites for hydroxylation is 1. The van der Waals surface area contributed by atoms with E-state index in [9.17, 15) is 0 Å². The summed E-state index contributed by atoms with van der Waals surface area (Å²) in [5, 5.41) is 4.64. The van der Waals surface area contributed by atoms with Gasteiger partial charge in [0.2, 0.25) is 0 Å². The highest BCUT2D eigenvalue weighted by molar-refractivity contribution is 7.18. The molecule has 24 heavy (non-hydrogen) atoms. The van der Waals surface area contributed by atoms with Crippen LogP contribution in [0.25, 0.3) is 10.2 Å². The number of hydrogen-bond acceptors (Lipinski definition) is 5. The number of rotatable bonds is 3. The van der Waals surface area contributed by atoms with Crippen molar-refractivity contribution in [2.24, 2.45) is 0 Å². The molecule has 4 nitrogen and oxygen atoms in total. The van der Waals surface area contributed by atoms with Crippen LogP contribution in [0.2, 0.25) is 0 Å². The molecule has 0 amide bonds. The number of benzene rings is 1. The van der Waals surface area contributed by atoms with E-state index in [-0.39, 0.29) is 12.4 Å². The molecule has 1 unspecified atom stereocenters. The number of fused-ring (bicyclic) bond motifs is 1. The predicted octanol–water partition coefficient (Wildman–Crippen LogP) is 3.57. The lowest BCUT2D eigenvalue weighted by molar-refractivity contribution is 0.153. The van der Waals surface area contributed by atoms with Crippen molar-refractivity contribution in [1.82, 2.24) is 20.2 Å². The number of thiazole rings is 1. The molecule has 6 heteroatoms. The van der Waals surface area contributed by atoms with Gasteiger partial charge in [0.25, 0.3) is 0 Å². The summed E-state index contributed by atoms with van der Waals surface area (Å²) >= 11 is 1.77. The van der Waals surface area contributed by atoms with E-state index in [1.54, 1.807) is 11.3 Å². The van der Waals surface area contributed by atoms with E-state index in [1.807, 2.05) is 18.5 Å². The molecule has 126 valence electrons. The molecule has 0 saturated carbocycles. The SMILES string of the molecule is Cc1nc2ccc(CN3CCNCC3c3cccnc3)cc2s1.Cl. The van der Waals surface area contributed by atoms with Crippen LogP contribution in [0.4, 0.5) is 0 Å². The first-order valence-electron chi connectivity index (χ1n) is 8.00. The van der Waals surface area contributed by atoms with E-state index in [0.29, 0.717) is 6.04 Å². The summed E-state index contributed by atoms with van der Waals surface area (Å²) in [6.45, 7) is 6.11. The maximum absolute atomic E-state index is 4.55. The lowest BCUT2D eigenvalue weighted by atomic mass is 10.0. The Morgan fingerprint density at radius 2 is 2.25 bits per heavy atom. The topological polar surface area (TPSA) is 41.1 Å². The van der Waals surface area contributed by atoms with Gasteiger partial charge in [-0.2, -0.15) is 0 Å². The van der Waals surface area contributed by atoms with Gasteiger partial charge < -0.3 is 5.32 Å². The van der Waals surface area contributed by atoms with Gasteiger partial charge in [0.1, 0.15) is 0 Å². The monoisotopic (exact) mass is 360 g/mol. The van der Waals surface area contributed by atoms with Crippen LogP contribution >= 0.6 is 23.7 Å². The number of nitrogens with zero attached hydrogens (tertiary/aromatic N) is 3. The number of piperazine rings is 1. The first-order chi connectivity index (χ1) is 11.3. The second-order valence-corrected chi connectivity index (χ2v) is 7.25. The summed E-state index contributed by atoms with van der Waals surface area (Å²) in [4.78, 5) is 11.4. The van der Waals surface area contributed by atoms with Crippen molar-refractivity contribution in [3.8, 4) is 0 Å². The summed E-state index contributed by atoms with van der Waals surface area (Å²) < 4.78 is 1.29. The van der Waals surface area contributed by atoms with Crippen LogP contribution in [-0.4, -0.2) is 34.5 Å². The molecule has 0 bridgehead atoms. The van der Waals surface area contributed by atoms with Crippen molar-refractivity contribution >= 4 is 34.0 Å². The minimum absolute atomic E-state index is 0. The predicted molar refractivity (Wildman–Crippen MR) is 102 cm³/mol. The third-order valence-electron chi connectivity index (χ3n) is 4.37. The Balaban J connectivity index is 0.00000169. The molecule has 3 aromatic rings. The van der Waals surface area contributed by atoms with Crippen molar-refractivity contribution in [2.45, 2.75) is 19.5 Å². The Morgan fingerprint density at radius 1 is 1.33 bits per heavy atom. The van der Waals surface area contributed by atoms with Gasteiger partial charge in [0.05, 0.1) is 15.2 Å². The number of aromatic nitrogens is 2. The molecule has 0 spiro atoms. The molecule has 0 radical (unpaired) electrons. The highest BCUT2D eigenvalue weighted by Gasteiger charge is 2.23. The number of halogens is 1. The maximum Gasteiger partial charge on any atom is 0.0907 e. The highest BCUT2D eigenvalue weighted by atomic mass is 35.5. The summed E-state index contributed by atoms with van der Waals surface area (Å²) in [6.07, 6.45) is 3.82. The quantitative estimate of drug-likeness (QED) is 0.775. The lowest BCUT2D eigenvalue weighted by Gasteiger charge is -2.36. The normalized spacial score (nSPS) is 18.5. The van der Waals surface area contributed by atoms with E-state index >= 15 is 0 Å². The van der Waals surface area contributed by atoms with Crippen molar-refractivity contribution in [3.63, 3.8) is 0 Å². The largest absolute Gasteiger partial charge is 0.314 e. The van der Waals surface area contributed by atoms with Gasteiger partial charge in [-0.25, -0.2) is 4.98 Å². The van der Waals surface area contributed by atoms with Crippen LogP contribution in [0, 0.1) is 6.92 Å². The molecule has 1 aliphatic heterocycles. The number of hydrogen-bond donors (Lipinski definition) is 1. The van der Waals surface area contributed by atoms with Crippen LogP contribution in [-0.2, 0) is 6.54 Å². The zero-order valence-corrected chi connectivity index (χ0v) is 15.2. The molecule has 3 heterocycles. The molecule has 1 fully saturated rings. The Labute approximate surface area is 152 Å². The number of pyridine rings is 1. The summed E-state index contributed by atoms with van der Waals surface area (Å²) in [5.74, 6) is 0. The molecule has 1 aromatic carbocycles. The zero-order valence-electron chi connectivity index (χ0n) is 13.6. The summed E-state index contributed by atoms with van der Waals surface area (Å²) in [7, 11) is 0. The molecule has 1 aliphatic rings. The standard InChI is InChI=1S/C18H20N4S.ClH/c1-13-21-16-5-4-14(9-18(16)23-13)12-22-8-7-20-11-17(22)15-3-2-6-19-10-15;/h2-6,9-10,17,20H,7-8,11-12H2,1H3;1H. The maximum atomic E-state index is 4.55. The molecular weight excluding hydrogens is 340 g/mol. The van der Waals surface area contributed by atoms with E-state index < -0.39 is 0 Å². The van der Waals surface area contributed by atoms with Crippen molar-refractivity contribution < 1.29 is 0 Å². The first kappa shape index (κ1) is 17.3. The molecular formula is C18H21ClN4S. The van der Waals surface area contributed by atoms with Crippen LogP contribution in [0.15, 0.2) is 42.7 Å². The van der Waals surface area contributed by atoms with E-state index in [2.05, 4.69) is 51.4 Å². The molecule has 4 rings (SSSR count). The van der Waals surface area contributed by atoms with Crippen LogP contribution in [0.5, 0.6) is 0 Å². The van der Waals surface area contributed by atoms with Gasteiger partial charge in [-0.3, -0.25) is 9.88 Å². The Morgan fingerprint density at radius 3 is 3.08 bits per heavy atom. The zero-order chi connectivity index (χ0) is 15.6. The molecule has 1 N–H and O–H groups in total. The fourth-order valence-corrected chi connectivity index (χ4v) is 4.15. The minimum Gasteiger partial charge on any atom is -0.314 e. The smallest absolute Gasteiger partial charge is 0.0907 e. The Bertz CT molecular complexity index is 805. The van der Waals surface area contributed by atoms with Crippen LogP contribution in [0.3, 0.4) is 0 Å². The summed E-state index contributed by atoms with van der Waals surface area (Å²) in [5.41, 5.74) is 3.76. The second-order valence-electron chi connectivity index (χ2n) is 6.01. The third-order valence-corrected chi connectivity index (χ3v) is 5.30. The van der Waals surface area contributed by atoms with E-state index in [1.165, 1.54) is 15.8 Å². The van der Waals surface area contributed by atoms with Gasteiger partial charge in [0, 0.05) is 44.6 Å². The van der Waals surface area contributed by atoms with Crippen molar-refractivity contribution in [3.05, 3.63) is 58.9 Å². The van der Waals surface area contributed by atoms with Gasteiger partial charge in [0.15, 0.2) is 0 Å². The average molecular weight is 361 g/mol. The molecule has 0 aliphatic carbocycles. The van der Waals surface area contributed by atoms with E-state index in [0.717, 1.165) is 36.7 Å². The third kappa shape index (κ3) is 3.59. The Hall–Kier alpha value is -1.53. The van der Waals surface area contributed by atoms with Gasteiger partial charge in [-0.05, 0) is 36.2 Å². The van der Waals surface area contributed by atoms with Crippen LogP contribution in [0.1, 0.15) is 22.2 Å². The highest BCUT2D eigenvalue weighted by Crippen LogP contribution is 2.26. The van der Waals surface area contributed by atoms with Crippen molar-refractivity contribution in [1.29, 1.82) is 0 Å². The average Bonchev–Trinajstić information content (AvgIpc) is 2.95. The summed E-state index contributed by atoms with van der Waals surface area (Å²) in [6, 6.07) is 11.2. The van der Waals surface area contributed by atoms with Gasteiger partial charge in [-0.15, -0.1) is 23.7 Å².